The van der Waals surface area contributed by atoms with Crippen molar-refractivity contribution in [2.24, 2.45) is 10.9 Å². The highest BCUT2D eigenvalue weighted by Gasteiger charge is 2.08. The lowest BCUT2D eigenvalue weighted by Crippen LogP contribution is -2.15. The molecular formula is C13H11BrCl2N4O. The van der Waals surface area contributed by atoms with Crippen molar-refractivity contribution in [3.05, 3.63) is 56.2 Å². The van der Waals surface area contributed by atoms with Crippen LogP contribution in [-0.2, 0) is 6.54 Å². The number of rotatable bonds is 4. The summed E-state index contributed by atoms with van der Waals surface area (Å²) in [5.74, 6) is -0.0449. The number of pyridine rings is 1. The lowest BCUT2D eigenvalue weighted by Gasteiger charge is -2.11. The smallest absolute Gasteiger partial charge is 0.188 e. The monoisotopic (exact) mass is 388 g/mol. The van der Waals surface area contributed by atoms with Crippen molar-refractivity contribution in [3.8, 4) is 0 Å². The highest BCUT2D eigenvalue weighted by Crippen LogP contribution is 2.34. The zero-order valence-electron chi connectivity index (χ0n) is 10.6. The van der Waals surface area contributed by atoms with E-state index >= 15 is 0 Å². The average Bonchev–Trinajstić information content (AvgIpc) is 2.45. The largest absolute Gasteiger partial charge is 0.409 e. The number of hydrogen-bond acceptors (Lipinski definition) is 4. The number of nitrogens with zero attached hydrogens (tertiary/aromatic N) is 2. The standard InChI is InChI=1S/C13H11BrCl2N4O/c14-8-4-9(15)12(10(16)5-8)19-6-7-1-2-18-11(3-7)13(17)20-21/h1-5,19,21H,6H2,(H2,17,20). The molecule has 1 aromatic heterocycles. The van der Waals surface area contributed by atoms with Crippen LogP contribution >= 0.6 is 39.1 Å². The fraction of sp³-hybridized carbons (Fsp3) is 0.0769. The molecule has 1 aromatic carbocycles. The number of anilines is 1. The summed E-state index contributed by atoms with van der Waals surface area (Å²) in [7, 11) is 0. The molecule has 0 fully saturated rings. The van der Waals surface area contributed by atoms with E-state index in [0.717, 1.165) is 10.0 Å². The van der Waals surface area contributed by atoms with Gasteiger partial charge in [-0.05, 0) is 29.8 Å². The maximum absolute atomic E-state index is 8.65. The van der Waals surface area contributed by atoms with Gasteiger partial charge in [0.15, 0.2) is 5.84 Å². The van der Waals surface area contributed by atoms with Crippen LogP contribution in [0.5, 0.6) is 0 Å². The number of nitrogens with one attached hydrogen (secondary N) is 1. The molecule has 0 radical (unpaired) electrons. The summed E-state index contributed by atoms with van der Waals surface area (Å²) in [4.78, 5) is 4.01. The Morgan fingerprint density at radius 3 is 2.62 bits per heavy atom. The molecule has 0 unspecified atom stereocenters. The van der Waals surface area contributed by atoms with Crippen LogP contribution in [0.3, 0.4) is 0 Å². The van der Waals surface area contributed by atoms with E-state index in [1.54, 1.807) is 24.4 Å². The van der Waals surface area contributed by atoms with Crippen LogP contribution in [0.15, 0.2) is 40.1 Å². The summed E-state index contributed by atoms with van der Waals surface area (Å²) >= 11 is 15.6. The van der Waals surface area contributed by atoms with Crippen LogP contribution in [-0.4, -0.2) is 16.0 Å². The Balaban J connectivity index is 2.17. The molecule has 110 valence electrons. The van der Waals surface area contributed by atoms with Crippen LogP contribution in [0.25, 0.3) is 0 Å². The van der Waals surface area contributed by atoms with Crippen LogP contribution in [0.2, 0.25) is 10.0 Å². The van der Waals surface area contributed by atoms with Crippen molar-refractivity contribution < 1.29 is 5.21 Å². The summed E-state index contributed by atoms with van der Waals surface area (Å²) in [6.45, 7) is 0.468. The van der Waals surface area contributed by atoms with Crippen LogP contribution in [0, 0.1) is 0 Å². The molecule has 0 atom stereocenters. The molecule has 0 saturated carbocycles. The Morgan fingerprint density at radius 2 is 2.00 bits per heavy atom. The predicted molar refractivity (Wildman–Crippen MR) is 88.2 cm³/mol. The molecule has 0 amide bonds. The first kappa shape index (κ1) is 15.9. The fourth-order valence-electron chi connectivity index (χ4n) is 1.68. The second-order valence-corrected chi connectivity index (χ2v) is 5.86. The van der Waals surface area contributed by atoms with Gasteiger partial charge >= 0.3 is 0 Å². The second-order valence-electron chi connectivity index (χ2n) is 4.13. The van der Waals surface area contributed by atoms with Gasteiger partial charge in [-0.15, -0.1) is 0 Å². The summed E-state index contributed by atoms with van der Waals surface area (Å²) in [5, 5.41) is 15.8. The Labute approximate surface area is 139 Å². The van der Waals surface area contributed by atoms with Crippen molar-refractivity contribution in [3.63, 3.8) is 0 Å². The summed E-state index contributed by atoms with van der Waals surface area (Å²) in [6.07, 6.45) is 1.58. The van der Waals surface area contributed by atoms with E-state index in [0.29, 0.717) is 28.0 Å². The van der Waals surface area contributed by atoms with E-state index < -0.39 is 0 Å². The molecule has 21 heavy (non-hydrogen) atoms. The molecule has 4 N–H and O–H groups in total. The van der Waals surface area contributed by atoms with E-state index in [1.165, 1.54) is 0 Å². The molecule has 0 aliphatic carbocycles. The van der Waals surface area contributed by atoms with Crippen LogP contribution in [0.1, 0.15) is 11.3 Å². The number of nitrogens with two attached hydrogens (primary N) is 1. The molecule has 8 heteroatoms. The van der Waals surface area contributed by atoms with Gasteiger partial charge in [0.1, 0.15) is 5.69 Å². The lowest BCUT2D eigenvalue weighted by molar-refractivity contribution is 0.318. The maximum Gasteiger partial charge on any atom is 0.188 e. The summed E-state index contributed by atoms with van der Waals surface area (Å²) in [5.41, 5.74) is 7.43. The third kappa shape index (κ3) is 4.00. The molecule has 2 rings (SSSR count). The molecule has 0 aliphatic heterocycles. The van der Waals surface area contributed by atoms with E-state index in [9.17, 15) is 0 Å². The van der Waals surface area contributed by atoms with Gasteiger partial charge in [0.25, 0.3) is 0 Å². The first-order chi connectivity index (χ1) is 10.0. The minimum absolute atomic E-state index is 0.0449. The van der Waals surface area contributed by atoms with E-state index in [4.69, 9.17) is 34.1 Å². The third-order valence-electron chi connectivity index (χ3n) is 2.67. The van der Waals surface area contributed by atoms with Crippen molar-refractivity contribution >= 4 is 50.7 Å². The number of aromatic nitrogens is 1. The van der Waals surface area contributed by atoms with Crippen LogP contribution in [0.4, 0.5) is 5.69 Å². The van der Waals surface area contributed by atoms with E-state index in [-0.39, 0.29) is 5.84 Å². The quantitative estimate of drug-likeness (QED) is 0.321. The minimum Gasteiger partial charge on any atom is -0.409 e. The SMILES string of the molecule is NC(=NO)c1cc(CNc2c(Cl)cc(Br)cc2Cl)ccn1. The van der Waals surface area contributed by atoms with Crippen molar-refractivity contribution in [1.82, 2.24) is 4.98 Å². The predicted octanol–water partition coefficient (Wildman–Crippen LogP) is 3.86. The molecule has 1 heterocycles. The Morgan fingerprint density at radius 1 is 1.33 bits per heavy atom. The Hall–Kier alpha value is -1.50. The number of oxime groups is 1. The van der Waals surface area contributed by atoms with E-state index in [1.807, 2.05) is 6.07 Å². The Kier molecular flexibility index (Phi) is 5.27. The molecule has 0 bridgehead atoms. The third-order valence-corrected chi connectivity index (χ3v) is 3.72. The molecular weight excluding hydrogens is 379 g/mol. The number of amidine groups is 1. The highest BCUT2D eigenvalue weighted by molar-refractivity contribution is 9.10. The molecule has 5 nitrogen and oxygen atoms in total. The van der Waals surface area contributed by atoms with Crippen molar-refractivity contribution in [2.45, 2.75) is 6.54 Å². The van der Waals surface area contributed by atoms with Gasteiger partial charge in [-0.3, -0.25) is 4.98 Å². The van der Waals surface area contributed by atoms with Crippen molar-refractivity contribution in [1.29, 1.82) is 0 Å². The zero-order valence-corrected chi connectivity index (χ0v) is 13.7. The van der Waals surface area contributed by atoms with Gasteiger partial charge in [0, 0.05) is 17.2 Å². The molecule has 0 saturated heterocycles. The van der Waals surface area contributed by atoms with Gasteiger partial charge in [0.2, 0.25) is 0 Å². The summed E-state index contributed by atoms with van der Waals surface area (Å²) < 4.78 is 0.807. The molecule has 0 spiro atoms. The van der Waals surface area contributed by atoms with Crippen LogP contribution < -0.4 is 11.1 Å². The van der Waals surface area contributed by atoms with Gasteiger partial charge in [0.05, 0.1) is 15.7 Å². The van der Waals surface area contributed by atoms with Gasteiger partial charge in [-0.25, -0.2) is 0 Å². The molecule has 0 aliphatic rings. The summed E-state index contributed by atoms with van der Waals surface area (Å²) in [6, 6.07) is 7.03. The number of halogens is 3. The normalized spacial score (nSPS) is 11.5. The molecule has 2 aromatic rings. The minimum atomic E-state index is -0.0449. The van der Waals surface area contributed by atoms with Gasteiger partial charge in [-0.1, -0.05) is 44.3 Å². The van der Waals surface area contributed by atoms with Crippen molar-refractivity contribution in [2.75, 3.05) is 5.32 Å². The lowest BCUT2D eigenvalue weighted by atomic mass is 10.2. The number of benzene rings is 1. The fourth-order valence-corrected chi connectivity index (χ4v) is 3.02. The first-order valence-electron chi connectivity index (χ1n) is 5.82. The average molecular weight is 390 g/mol. The second kappa shape index (κ2) is 6.98. The number of hydrogen-bond donors (Lipinski definition) is 3. The van der Waals surface area contributed by atoms with Gasteiger partial charge in [-0.2, -0.15) is 0 Å². The first-order valence-corrected chi connectivity index (χ1v) is 7.37. The van der Waals surface area contributed by atoms with Gasteiger partial charge < -0.3 is 16.3 Å². The highest BCUT2D eigenvalue weighted by atomic mass is 79.9. The zero-order chi connectivity index (χ0) is 15.4. The maximum atomic E-state index is 8.65. The van der Waals surface area contributed by atoms with E-state index in [2.05, 4.69) is 31.4 Å². The topological polar surface area (TPSA) is 83.5 Å². The Bertz CT molecular complexity index is 671.